The average molecular weight is 374 g/mol. The van der Waals surface area contributed by atoms with Crippen LogP contribution in [0.25, 0.3) is 0 Å². The summed E-state index contributed by atoms with van der Waals surface area (Å²) in [5.41, 5.74) is 1.10. The van der Waals surface area contributed by atoms with E-state index in [1.54, 1.807) is 54.6 Å². The summed E-state index contributed by atoms with van der Waals surface area (Å²) in [4.78, 5) is 12.7. The molecule has 2 aromatic carbocycles. The average Bonchev–Trinajstić information content (AvgIpc) is 2.62. The van der Waals surface area contributed by atoms with Gasteiger partial charge in [0.15, 0.2) is 9.84 Å². The highest BCUT2D eigenvalue weighted by molar-refractivity contribution is 7.90. The van der Waals surface area contributed by atoms with E-state index in [0.717, 1.165) is 25.7 Å². The Labute approximate surface area is 156 Å². The van der Waals surface area contributed by atoms with E-state index < -0.39 is 9.84 Å². The molecule has 1 atom stereocenters. The van der Waals surface area contributed by atoms with Crippen LogP contribution in [0.2, 0.25) is 0 Å². The van der Waals surface area contributed by atoms with Crippen molar-refractivity contribution in [1.82, 2.24) is 5.32 Å². The van der Waals surface area contributed by atoms with Gasteiger partial charge in [0.1, 0.15) is 0 Å². The van der Waals surface area contributed by atoms with Crippen molar-refractivity contribution in [3.63, 3.8) is 0 Å². The van der Waals surface area contributed by atoms with Gasteiger partial charge in [-0.2, -0.15) is 0 Å². The van der Waals surface area contributed by atoms with Gasteiger partial charge in [0, 0.05) is 11.6 Å². The van der Waals surface area contributed by atoms with Crippen molar-refractivity contribution >= 4 is 15.7 Å². The number of hydrogen-bond donors (Lipinski definition) is 1. The fourth-order valence-electron chi connectivity index (χ4n) is 2.81. The Balaban J connectivity index is 2.04. The molecule has 1 unspecified atom stereocenters. The molecule has 2 aromatic rings. The molecular formula is C21H27NO3S. The molecule has 5 heteroatoms. The lowest BCUT2D eigenvalue weighted by atomic mass is 10.1. The van der Waals surface area contributed by atoms with E-state index in [2.05, 4.69) is 12.2 Å². The van der Waals surface area contributed by atoms with Crippen LogP contribution >= 0.6 is 0 Å². The molecule has 0 fully saturated rings. The monoisotopic (exact) mass is 373 g/mol. The molecule has 0 saturated carbocycles. The maximum absolute atomic E-state index is 12.5. The fraction of sp³-hybridized carbons (Fsp3) is 0.381. The number of benzene rings is 2. The van der Waals surface area contributed by atoms with Gasteiger partial charge in [-0.05, 0) is 43.2 Å². The number of carbonyl (C=O) groups excluding carboxylic acids is 1. The molecule has 1 amide bonds. The molecule has 140 valence electrons. The minimum absolute atomic E-state index is 0.103. The molecule has 0 radical (unpaired) electrons. The Kier molecular flexibility index (Phi) is 7.39. The van der Waals surface area contributed by atoms with Crippen molar-refractivity contribution < 1.29 is 13.2 Å². The Morgan fingerprint density at radius 2 is 1.77 bits per heavy atom. The summed E-state index contributed by atoms with van der Waals surface area (Å²) in [7, 11) is -3.43. The zero-order chi connectivity index (χ0) is 19.0. The number of sulfone groups is 1. The highest BCUT2D eigenvalue weighted by Crippen LogP contribution is 2.17. The summed E-state index contributed by atoms with van der Waals surface area (Å²) in [6.07, 6.45) is 4.35. The highest BCUT2D eigenvalue weighted by Gasteiger charge is 2.16. The third-order valence-corrected chi connectivity index (χ3v) is 5.97. The maximum Gasteiger partial charge on any atom is 0.251 e. The third kappa shape index (κ3) is 5.99. The van der Waals surface area contributed by atoms with Crippen molar-refractivity contribution in [2.24, 2.45) is 0 Å². The van der Waals surface area contributed by atoms with E-state index in [1.807, 2.05) is 6.92 Å². The first-order valence-corrected chi connectivity index (χ1v) is 10.7. The second-order valence-corrected chi connectivity index (χ2v) is 8.63. The molecule has 0 aliphatic carbocycles. The number of hydrogen-bond acceptors (Lipinski definition) is 3. The van der Waals surface area contributed by atoms with Crippen LogP contribution in [0.5, 0.6) is 0 Å². The highest BCUT2D eigenvalue weighted by atomic mass is 32.2. The van der Waals surface area contributed by atoms with Gasteiger partial charge >= 0.3 is 0 Å². The molecule has 0 heterocycles. The predicted molar refractivity (Wildman–Crippen MR) is 105 cm³/mol. The van der Waals surface area contributed by atoms with E-state index in [1.165, 1.54) is 0 Å². The molecule has 1 N–H and O–H groups in total. The molecule has 0 bridgehead atoms. The SMILES string of the molecule is CCCCCC(C)NC(=O)c1cccc(CS(=O)(=O)c2ccccc2)c1. The molecule has 2 rings (SSSR count). The molecule has 0 aromatic heterocycles. The van der Waals surface area contributed by atoms with Crippen molar-refractivity contribution in [3.05, 3.63) is 65.7 Å². The molecule has 0 spiro atoms. The first-order chi connectivity index (χ1) is 12.4. The predicted octanol–water partition coefficient (Wildman–Crippen LogP) is 4.36. The molecule has 0 saturated heterocycles. The summed E-state index contributed by atoms with van der Waals surface area (Å²) in [6, 6.07) is 15.3. The van der Waals surface area contributed by atoms with Gasteiger partial charge in [-0.1, -0.05) is 56.5 Å². The number of amides is 1. The van der Waals surface area contributed by atoms with Crippen molar-refractivity contribution in [3.8, 4) is 0 Å². The lowest BCUT2D eigenvalue weighted by Gasteiger charge is -2.14. The summed E-state index contributed by atoms with van der Waals surface area (Å²) in [6.45, 7) is 4.15. The Morgan fingerprint density at radius 3 is 2.46 bits per heavy atom. The second kappa shape index (κ2) is 9.53. The molecule has 4 nitrogen and oxygen atoms in total. The minimum Gasteiger partial charge on any atom is -0.350 e. The van der Waals surface area contributed by atoms with E-state index in [9.17, 15) is 13.2 Å². The Hall–Kier alpha value is -2.14. The van der Waals surface area contributed by atoms with Crippen LogP contribution in [0.4, 0.5) is 0 Å². The normalized spacial score (nSPS) is 12.5. The van der Waals surface area contributed by atoms with Crippen LogP contribution in [0.15, 0.2) is 59.5 Å². The van der Waals surface area contributed by atoms with E-state index in [0.29, 0.717) is 16.0 Å². The Bertz CT molecular complexity index is 816. The molecule has 0 aliphatic heterocycles. The van der Waals surface area contributed by atoms with Gasteiger partial charge in [-0.3, -0.25) is 4.79 Å². The number of unbranched alkanes of at least 4 members (excludes halogenated alkanes) is 2. The van der Waals surface area contributed by atoms with Crippen molar-refractivity contribution in [2.75, 3.05) is 0 Å². The fourth-order valence-corrected chi connectivity index (χ4v) is 4.17. The third-order valence-electron chi connectivity index (χ3n) is 4.27. The van der Waals surface area contributed by atoms with Gasteiger partial charge in [-0.25, -0.2) is 8.42 Å². The van der Waals surface area contributed by atoms with E-state index in [-0.39, 0.29) is 17.7 Å². The second-order valence-electron chi connectivity index (χ2n) is 6.64. The van der Waals surface area contributed by atoms with Crippen LogP contribution in [0.1, 0.15) is 55.5 Å². The van der Waals surface area contributed by atoms with Gasteiger partial charge in [0.25, 0.3) is 5.91 Å². The number of carbonyl (C=O) groups is 1. The van der Waals surface area contributed by atoms with Gasteiger partial charge in [-0.15, -0.1) is 0 Å². The first-order valence-electron chi connectivity index (χ1n) is 9.10. The van der Waals surface area contributed by atoms with Crippen LogP contribution < -0.4 is 5.32 Å². The maximum atomic E-state index is 12.5. The summed E-state index contributed by atoms with van der Waals surface area (Å²) >= 11 is 0. The van der Waals surface area contributed by atoms with Gasteiger partial charge < -0.3 is 5.32 Å². The number of nitrogens with one attached hydrogen (secondary N) is 1. The molecule has 26 heavy (non-hydrogen) atoms. The largest absolute Gasteiger partial charge is 0.350 e. The summed E-state index contributed by atoms with van der Waals surface area (Å²) < 4.78 is 25.0. The van der Waals surface area contributed by atoms with Crippen molar-refractivity contribution in [1.29, 1.82) is 0 Å². The summed E-state index contributed by atoms with van der Waals surface area (Å²) in [5, 5.41) is 2.99. The lowest BCUT2D eigenvalue weighted by Crippen LogP contribution is -2.32. The van der Waals surface area contributed by atoms with E-state index >= 15 is 0 Å². The van der Waals surface area contributed by atoms with E-state index in [4.69, 9.17) is 0 Å². The lowest BCUT2D eigenvalue weighted by molar-refractivity contribution is 0.0938. The quantitative estimate of drug-likeness (QED) is 0.664. The zero-order valence-corrected chi connectivity index (χ0v) is 16.3. The molecule has 0 aliphatic rings. The van der Waals surface area contributed by atoms with Crippen molar-refractivity contribution in [2.45, 2.75) is 56.2 Å². The standard InChI is InChI=1S/C21H27NO3S/c1-3-4-6-10-17(2)22-21(23)19-12-9-11-18(15-19)16-26(24,25)20-13-7-5-8-14-20/h5,7-9,11-15,17H,3-4,6,10,16H2,1-2H3,(H,22,23). The first kappa shape index (κ1) is 20.2. The zero-order valence-electron chi connectivity index (χ0n) is 15.4. The van der Waals surface area contributed by atoms with Crippen LogP contribution in [-0.2, 0) is 15.6 Å². The van der Waals surface area contributed by atoms with Gasteiger partial charge in [0.05, 0.1) is 10.6 Å². The number of rotatable bonds is 9. The topological polar surface area (TPSA) is 63.2 Å². The molecular weight excluding hydrogens is 346 g/mol. The van der Waals surface area contributed by atoms with Gasteiger partial charge in [0.2, 0.25) is 0 Å². The smallest absolute Gasteiger partial charge is 0.251 e. The van der Waals surface area contributed by atoms with Crippen LogP contribution in [0.3, 0.4) is 0 Å². The Morgan fingerprint density at radius 1 is 1.04 bits per heavy atom. The minimum atomic E-state index is -3.43. The van der Waals surface area contributed by atoms with Crippen LogP contribution in [-0.4, -0.2) is 20.4 Å². The summed E-state index contributed by atoms with van der Waals surface area (Å²) in [5.74, 6) is -0.280. The van der Waals surface area contributed by atoms with Crippen LogP contribution in [0, 0.1) is 0 Å².